The van der Waals surface area contributed by atoms with Crippen LogP contribution in [0.3, 0.4) is 0 Å². The first kappa shape index (κ1) is 39.7. The molecule has 51 heavy (non-hydrogen) atoms. The van der Waals surface area contributed by atoms with Crippen molar-refractivity contribution in [2.75, 3.05) is 0 Å². The van der Waals surface area contributed by atoms with Crippen molar-refractivity contribution in [1.82, 2.24) is 19.6 Å². The summed E-state index contributed by atoms with van der Waals surface area (Å²) in [4.78, 5) is 21.2. The van der Waals surface area contributed by atoms with Crippen molar-refractivity contribution in [3.05, 3.63) is 130 Å². The van der Waals surface area contributed by atoms with Gasteiger partial charge >= 0.3 is 46.9 Å². The molecule has 0 fully saturated rings. The molecule has 0 atom stereocenters. The van der Waals surface area contributed by atoms with Gasteiger partial charge in [0.15, 0.2) is 0 Å². The normalized spacial score (nSPS) is 10.6. The number of benzene rings is 4. The van der Waals surface area contributed by atoms with Crippen LogP contribution >= 0.6 is 0 Å². The largest absolute Gasteiger partial charge is 3.00 e. The van der Waals surface area contributed by atoms with Crippen LogP contribution in [0.4, 0.5) is 28.4 Å². The van der Waals surface area contributed by atoms with Gasteiger partial charge in [0, 0.05) is 29.5 Å². The zero-order valence-corrected chi connectivity index (χ0v) is 30.4. The number of carbonyl (C=O) groups excluding carboxylic acids is 1. The standard InChI is InChI=1S/C17H14N4O3.C16H13N5O4.Cr.Na/c1-11-15(16(22)21(20-11)12-7-3-2-4-8-12)19-18-14-10-6-5-9-13(14)17(23)24;1-10-15(16(23)20(19-10)11-5-3-2-4-6-11)18-17-13-9-12(21(24)25)7-8-14(13)22;;/h2-10,22H,1H3,(H,23,24);2-9,22-23H,1H3;;/q;;+3;+1/p-4. The maximum absolute atomic E-state index is 12.4. The van der Waals surface area contributed by atoms with Gasteiger partial charge in [0.25, 0.3) is 5.69 Å². The van der Waals surface area contributed by atoms with Crippen LogP contribution in [0.25, 0.3) is 11.4 Å². The Hall–Kier alpha value is -5.70. The van der Waals surface area contributed by atoms with Gasteiger partial charge in [0.1, 0.15) is 11.4 Å². The maximum atomic E-state index is 12.4. The number of hydrogen-bond acceptors (Lipinski definition) is 13. The van der Waals surface area contributed by atoms with E-state index in [1.807, 2.05) is 12.1 Å². The number of non-ortho nitro benzene ring substituents is 1. The number of aryl methyl sites for hydroxylation is 2. The topological polar surface area (TPSA) is 238 Å². The summed E-state index contributed by atoms with van der Waals surface area (Å²) in [5.41, 5.74) is 1.45. The molecule has 18 heteroatoms. The van der Waals surface area contributed by atoms with Crippen molar-refractivity contribution < 1.29 is 77.1 Å². The van der Waals surface area contributed by atoms with E-state index >= 15 is 0 Å². The smallest absolute Gasteiger partial charge is 0.871 e. The Morgan fingerprint density at radius 1 is 0.667 bits per heavy atom. The van der Waals surface area contributed by atoms with Crippen LogP contribution in [0.5, 0.6) is 17.5 Å². The van der Waals surface area contributed by atoms with Gasteiger partial charge in [-0.2, -0.15) is 15.3 Å². The van der Waals surface area contributed by atoms with Crippen molar-refractivity contribution in [3.63, 3.8) is 0 Å². The van der Waals surface area contributed by atoms with Gasteiger partial charge in [-0.05, 0) is 44.2 Å². The van der Waals surface area contributed by atoms with E-state index in [0.29, 0.717) is 22.8 Å². The number of rotatable bonds is 8. The van der Waals surface area contributed by atoms with E-state index < -0.39 is 28.4 Å². The van der Waals surface area contributed by atoms with E-state index in [9.17, 15) is 35.3 Å². The van der Waals surface area contributed by atoms with E-state index in [1.165, 1.54) is 21.5 Å². The van der Waals surface area contributed by atoms with Gasteiger partial charge in [-0.25, -0.2) is 9.36 Å². The molecule has 4 aromatic carbocycles. The van der Waals surface area contributed by atoms with E-state index in [2.05, 4.69) is 30.7 Å². The summed E-state index contributed by atoms with van der Waals surface area (Å²) in [6, 6.07) is 26.8. The molecule has 2 heterocycles. The first-order valence-corrected chi connectivity index (χ1v) is 14.3. The molecule has 0 aliphatic heterocycles. The number of nitrogens with zero attached hydrogens (tertiary/aromatic N) is 9. The fourth-order valence-electron chi connectivity index (χ4n) is 4.35. The summed E-state index contributed by atoms with van der Waals surface area (Å²) in [6.07, 6.45) is 0. The van der Waals surface area contributed by atoms with Crippen LogP contribution in [-0.4, -0.2) is 30.5 Å². The van der Waals surface area contributed by atoms with Crippen LogP contribution in [0.15, 0.2) is 124 Å². The number of carboxylic acid groups (broad SMARTS) is 1. The zero-order valence-electron chi connectivity index (χ0n) is 27.1. The van der Waals surface area contributed by atoms with Gasteiger partial charge < -0.3 is 25.2 Å². The third kappa shape index (κ3) is 9.31. The number of hydrogen-bond donors (Lipinski definition) is 0. The maximum Gasteiger partial charge on any atom is 3.00 e. The zero-order chi connectivity index (χ0) is 35.1. The molecule has 0 amide bonds. The summed E-state index contributed by atoms with van der Waals surface area (Å²) in [5.74, 6) is -2.81. The molecule has 0 spiro atoms. The quantitative estimate of drug-likeness (QED) is 0.0956. The Labute approximate surface area is 322 Å². The summed E-state index contributed by atoms with van der Waals surface area (Å²) in [6.45, 7) is 3.22. The Kier molecular flexibility index (Phi) is 13.9. The second kappa shape index (κ2) is 17.8. The fourth-order valence-corrected chi connectivity index (χ4v) is 4.35. The molecule has 1 radical (unpaired) electrons. The number of nitro benzene ring substituents is 1. The molecule has 6 rings (SSSR count). The molecular weight excluding hydrogens is 709 g/mol. The molecular formula is C33H23CrN9NaO7. The molecule has 2 aromatic heterocycles. The number of para-hydroxylation sites is 2. The van der Waals surface area contributed by atoms with Crippen molar-refractivity contribution in [3.8, 4) is 28.9 Å². The van der Waals surface area contributed by atoms with Crippen LogP contribution in [-0.2, 0) is 17.4 Å². The molecule has 16 nitrogen and oxygen atoms in total. The molecule has 0 saturated carbocycles. The van der Waals surface area contributed by atoms with Crippen molar-refractivity contribution in [1.29, 1.82) is 0 Å². The van der Waals surface area contributed by atoms with Crippen LogP contribution in [0.1, 0.15) is 21.7 Å². The fraction of sp³-hybridized carbons (Fsp3) is 0.0606. The molecule has 0 N–H and O–H groups in total. The Morgan fingerprint density at radius 3 is 1.59 bits per heavy atom. The number of carbonyl (C=O) groups is 1. The Bertz CT molecular complexity index is 2210. The minimum atomic E-state index is -1.36. The van der Waals surface area contributed by atoms with Gasteiger partial charge in [-0.1, -0.05) is 66.4 Å². The molecule has 0 aliphatic carbocycles. The molecule has 0 unspecified atom stereocenters. The molecule has 6 aromatic rings. The average Bonchev–Trinajstić information content (AvgIpc) is 3.56. The second-order valence-electron chi connectivity index (χ2n) is 10.1. The summed E-state index contributed by atoms with van der Waals surface area (Å²) in [5, 5.41) is 82.0. The SMILES string of the molecule is Cc1nn(-c2ccccc2)c([O-])c1N=Nc1cc([N+](=O)[O-])ccc1[O-].Cc1nn(-c2ccccc2)c([O-])c1N=Nc1ccccc1C(=O)[O-].[Cr+3].[Na+]. The average molecular weight is 733 g/mol. The summed E-state index contributed by atoms with van der Waals surface area (Å²) < 4.78 is 2.41. The first-order valence-electron chi connectivity index (χ1n) is 14.3. The van der Waals surface area contributed by atoms with E-state index in [-0.39, 0.29) is 80.9 Å². The van der Waals surface area contributed by atoms with Crippen molar-refractivity contribution >= 4 is 34.4 Å². The minimum absolute atomic E-state index is 0. The third-order valence-electron chi connectivity index (χ3n) is 6.77. The molecule has 0 bridgehead atoms. The third-order valence-corrected chi connectivity index (χ3v) is 6.77. The van der Waals surface area contributed by atoms with Gasteiger partial charge in [0.2, 0.25) is 0 Å². The van der Waals surface area contributed by atoms with Gasteiger partial charge in [-0.3, -0.25) is 10.1 Å². The number of aromatic carboxylic acids is 1. The molecule has 0 saturated heterocycles. The number of aromatic nitrogens is 4. The van der Waals surface area contributed by atoms with Gasteiger partial charge in [0.05, 0.1) is 45.0 Å². The predicted octanol–water partition coefficient (Wildman–Crippen LogP) is 1.69. The van der Waals surface area contributed by atoms with E-state index in [0.717, 1.165) is 18.2 Å². The number of carboxylic acids is 1. The van der Waals surface area contributed by atoms with E-state index in [1.54, 1.807) is 74.5 Å². The van der Waals surface area contributed by atoms with Crippen molar-refractivity contribution in [2.24, 2.45) is 20.5 Å². The Morgan fingerprint density at radius 2 is 1.12 bits per heavy atom. The van der Waals surface area contributed by atoms with Gasteiger partial charge in [-0.15, -0.1) is 15.3 Å². The van der Waals surface area contributed by atoms with E-state index in [4.69, 9.17) is 0 Å². The molecule has 0 aliphatic rings. The Balaban J connectivity index is 0.000000265. The second-order valence-corrected chi connectivity index (χ2v) is 10.1. The minimum Gasteiger partial charge on any atom is -0.871 e. The number of azo groups is 2. The first-order chi connectivity index (χ1) is 23.5. The number of nitro groups is 1. The summed E-state index contributed by atoms with van der Waals surface area (Å²) in [7, 11) is 0. The summed E-state index contributed by atoms with van der Waals surface area (Å²) >= 11 is 0. The molecule has 249 valence electrons. The van der Waals surface area contributed by atoms with Crippen LogP contribution in [0, 0.1) is 24.0 Å². The van der Waals surface area contributed by atoms with Crippen molar-refractivity contribution in [2.45, 2.75) is 13.8 Å². The van der Waals surface area contributed by atoms with Crippen LogP contribution < -0.4 is 50.0 Å². The van der Waals surface area contributed by atoms with Crippen LogP contribution in [0.2, 0.25) is 0 Å². The monoisotopic (exact) mass is 732 g/mol. The predicted molar refractivity (Wildman–Crippen MR) is 167 cm³/mol.